The van der Waals surface area contributed by atoms with Gasteiger partial charge in [0.2, 0.25) is 0 Å². The fraction of sp³-hybridized carbons (Fsp3) is 0.100. The standard InChI is InChI=1S/C10H8ClN3O/c1-12-10(15)9-8(11)6-4-2-3-5-7(6)13-14-9/h2-5H,1H3,(H,12,15). The van der Waals surface area contributed by atoms with Crippen molar-refractivity contribution in [3.63, 3.8) is 0 Å². The molecule has 0 aliphatic rings. The van der Waals surface area contributed by atoms with Gasteiger partial charge in [0.15, 0.2) is 5.69 Å². The zero-order valence-electron chi connectivity index (χ0n) is 7.99. The lowest BCUT2D eigenvalue weighted by molar-refractivity contribution is 0.0957. The smallest absolute Gasteiger partial charge is 0.273 e. The highest BCUT2D eigenvalue weighted by molar-refractivity contribution is 6.38. The van der Waals surface area contributed by atoms with Gasteiger partial charge in [0, 0.05) is 12.4 Å². The third-order valence-corrected chi connectivity index (χ3v) is 2.43. The average molecular weight is 222 g/mol. The molecule has 2 rings (SSSR count). The van der Waals surface area contributed by atoms with Crippen LogP contribution in [-0.2, 0) is 0 Å². The van der Waals surface area contributed by atoms with E-state index >= 15 is 0 Å². The second-order valence-electron chi connectivity index (χ2n) is 2.96. The average Bonchev–Trinajstić information content (AvgIpc) is 2.29. The van der Waals surface area contributed by atoms with Crippen LogP contribution in [0, 0.1) is 0 Å². The lowest BCUT2D eigenvalue weighted by atomic mass is 10.2. The zero-order valence-corrected chi connectivity index (χ0v) is 8.75. The van der Waals surface area contributed by atoms with Gasteiger partial charge in [-0.15, -0.1) is 10.2 Å². The van der Waals surface area contributed by atoms with Gasteiger partial charge in [-0.05, 0) is 6.07 Å². The van der Waals surface area contributed by atoms with Crippen molar-refractivity contribution in [2.24, 2.45) is 0 Å². The fourth-order valence-electron chi connectivity index (χ4n) is 1.29. The van der Waals surface area contributed by atoms with Gasteiger partial charge in [-0.1, -0.05) is 29.8 Å². The van der Waals surface area contributed by atoms with Crippen LogP contribution in [0.4, 0.5) is 0 Å². The molecule has 15 heavy (non-hydrogen) atoms. The Kier molecular flexibility index (Phi) is 2.51. The number of amides is 1. The highest BCUT2D eigenvalue weighted by Crippen LogP contribution is 2.23. The maximum Gasteiger partial charge on any atom is 0.273 e. The minimum absolute atomic E-state index is 0.151. The van der Waals surface area contributed by atoms with Crippen molar-refractivity contribution in [3.8, 4) is 0 Å². The second kappa shape index (κ2) is 3.82. The largest absolute Gasteiger partial charge is 0.354 e. The summed E-state index contributed by atoms with van der Waals surface area (Å²) in [5, 5.41) is 11.2. The Bertz CT molecular complexity index is 527. The molecule has 4 nitrogen and oxygen atoms in total. The molecule has 1 aromatic carbocycles. The van der Waals surface area contributed by atoms with Crippen LogP contribution in [0.3, 0.4) is 0 Å². The molecule has 0 aliphatic carbocycles. The predicted molar refractivity (Wildman–Crippen MR) is 57.9 cm³/mol. The molecule has 0 bridgehead atoms. The molecule has 1 amide bonds. The molecule has 0 saturated carbocycles. The van der Waals surface area contributed by atoms with Gasteiger partial charge in [0.1, 0.15) is 0 Å². The molecule has 76 valence electrons. The molecule has 1 heterocycles. The summed E-state index contributed by atoms with van der Waals surface area (Å²) < 4.78 is 0. The lowest BCUT2D eigenvalue weighted by Crippen LogP contribution is -2.20. The maximum absolute atomic E-state index is 11.4. The molecule has 5 heteroatoms. The van der Waals surface area contributed by atoms with Crippen molar-refractivity contribution in [1.29, 1.82) is 0 Å². The van der Waals surface area contributed by atoms with Crippen LogP contribution in [0.15, 0.2) is 24.3 Å². The van der Waals surface area contributed by atoms with E-state index in [4.69, 9.17) is 11.6 Å². The molecule has 2 aromatic rings. The monoisotopic (exact) mass is 221 g/mol. The number of nitrogens with zero attached hydrogens (tertiary/aromatic N) is 2. The van der Waals surface area contributed by atoms with Crippen LogP contribution in [0.1, 0.15) is 10.5 Å². The highest BCUT2D eigenvalue weighted by Gasteiger charge is 2.13. The van der Waals surface area contributed by atoms with E-state index in [1.165, 1.54) is 7.05 Å². The van der Waals surface area contributed by atoms with Crippen molar-refractivity contribution in [2.75, 3.05) is 7.05 Å². The molecule has 0 atom stereocenters. The number of aromatic nitrogens is 2. The molecular formula is C10H8ClN3O. The quantitative estimate of drug-likeness (QED) is 0.797. The van der Waals surface area contributed by atoms with Gasteiger partial charge in [-0.2, -0.15) is 0 Å². The molecule has 0 saturated heterocycles. The highest BCUT2D eigenvalue weighted by atomic mass is 35.5. The second-order valence-corrected chi connectivity index (χ2v) is 3.34. The van der Waals surface area contributed by atoms with Crippen molar-refractivity contribution >= 4 is 28.4 Å². The SMILES string of the molecule is CNC(=O)c1nnc2ccccc2c1Cl. The number of nitrogens with one attached hydrogen (secondary N) is 1. The first-order valence-electron chi connectivity index (χ1n) is 4.37. The number of rotatable bonds is 1. The summed E-state index contributed by atoms with van der Waals surface area (Å²) >= 11 is 6.05. The Morgan fingerprint density at radius 3 is 2.80 bits per heavy atom. The van der Waals surface area contributed by atoms with Gasteiger partial charge < -0.3 is 5.32 Å². The summed E-state index contributed by atoms with van der Waals surface area (Å²) in [6.07, 6.45) is 0. The fourth-order valence-corrected chi connectivity index (χ4v) is 1.57. The summed E-state index contributed by atoms with van der Waals surface area (Å²) in [6.45, 7) is 0. The van der Waals surface area contributed by atoms with Crippen LogP contribution in [0.2, 0.25) is 5.02 Å². The Labute approximate surface area is 91.3 Å². The van der Waals surface area contributed by atoms with E-state index < -0.39 is 0 Å². The summed E-state index contributed by atoms with van der Waals surface area (Å²) in [5.41, 5.74) is 0.827. The maximum atomic E-state index is 11.4. The van der Waals surface area contributed by atoms with Gasteiger partial charge in [-0.25, -0.2) is 0 Å². The molecule has 0 aliphatic heterocycles. The molecule has 1 aromatic heterocycles. The Morgan fingerprint density at radius 2 is 2.07 bits per heavy atom. The van der Waals surface area contributed by atoms with Crippen LogP contribution in [-0.4, -0.2) is 23.2 Å². The molecule has 0 radical (unpaired) electrons. The lowest BCUT2D eigenvalue weighted by Gasteiger charge is -2.03. The minimum atomic E-state index is -0.335. The summed E-state index contributed by atoms with van der Waals surface area (Å²) in [7, 11) is 1.52. The molecular weight excluding hydrogens is 214 g/mol. The third kappa shape index (κ3) is 1.64. The summed E-state index contributed by atoms with van der Waals surface area (Å²) in [6, 6.07) is 7.27. The summed E-state index contributed by atoms with van der Waals surface area (Å²) in [5.74, 6) is -0.335. The number of fused-ring (bicyclic) bond motifs is 1. The van der Waals surface area contributed by atoms with Gasteiger partial charge in [0.25, 0.3) is 5.91 Å². The Morgan fingerprint density at radius 1 is 1.33 bits per heavy atom. The first-order valence-corrected chi connectivity index (χ1v) is 4.75. The van der Waals surface area contributed by atoms with E-state index in [9.17, 15) is 4.79 Å². The van der Waals surface area contributed by atoms with E-state index in [0.717, 1.165) is 5.39 Å². The number of hydrogen-bond donors (Lipinski definition) is 1. The molecule has 0 unspecified atom stereocenters. The first kappa shape index (κ1) is 9.86. The Balaban J connectivity index is 2.70. The normalized spacial score (nSPS) is 10.3. The number of carbonyl (C=O) groups is 1. The predicted octanol–water partition coefficient (Wildman–Crippen LogP) is 1.64. The number of benzene rings is 1. The minimum Gasteiger partial charge on any atom is -0.354 e. The van der Waals surface area contributed by atoms with Gasteiger partial charge in [-0.3, -0.25) is 4.79 Å². The van der Waals surface area contributed by atoms with E-state index in [0.29, 0.717) is 10.5 Å². The number of hydrogen-bond acceptors (Lipinski definition) is 3. The number of carbonyl (C=O) groups excluding carboxylic acids is 1. The third-order valence-electron chi connectivity index (χ3n) is 2.05. The van der Waals surface area contributed by atoms with Crippen LogP contribution in [0.5, 0.6) is 0 Å². The number of halogens is 1. The van der Waals surface area contributed by atoms with Crippen molar-refractivity contribution in [3.05, 3.63) is 35.0 Å². The first-order chi connectivity index (χ1) is 7.24. The Hall–Kier alpha value is -1.68. The van der Waals surface area contributed by atoms with E-state index in [-0.39, 0.29) is 11.6 Å². The van der Waals surface area contributed by atoms with E-state index in [1.54, 1.807) is 12.1 Å². The van der Waals surface area contributed by atoms with Crippen molar-refractivity contribution < 1.29 is 4.79 Å². The van der Waals surface area contributed by atoms with E-state index in [2.05, 4.69) is 15.5 Å². The molecule has 1 N–H and O–H groups in total. The van der Waals surface area contributed by atoms with Crippen LogP contribution in [0.25, 0.3) is 10.9 Å². The van der Waals surface area contributed by atoms with Gasteiger partial charge >= 0.3 is 0 Å². The van der Waals surface area contributed by atoms with Crippen LogP contribution >= 0.6 is 11.6 Å². The zero-order chi connectivity index (χ0) is 10.8. The molecule has 0 spiro atoms. The van der Waals surface area contributed by atoms with Crippen molar-refractivity contribution in [2.45, 2.75) is 0 Å². The van der Waals surface area contributed by atoms with Crippen LogP contribution < -0.4 is 5.32 Å². The topological polar surface area (TPSA) is 54.9 Å². The van der Waals surface area contributed by atoms with Gasteiger partial charge in [0.05, 0.1) is 10.5 Å². The summed E-state index contributed by atoms with van der Waals surface area (Å²) in [4.78, 5) is 11.4. The van der Waals surface area contributed by atoms with E-state index in [1.807, 2.05) is 12.1 Å². The van der Waals surface area contributed by atoms with Crippen molar-refractivity contribution in [1.82, 2.24) is 15.5 Å². The molecule has 0 fully saturated rings.